The van der Waals surface area contributed by atoms with Crippen molar-refractivity contribution in [3.8, 4) is 0 Å². The lowest BCUT2D eigenvalue weighted by Crippen LogP contribution is -2.38. The highest BCUT2D eigenvalue weighted by Gasteiger charge is 2.25. The van der Waals surface area contributed by atoms with Crippen LogP contribution in [-0.4, -0.2) is 46.5 Å². The van der Waals surface area contributed by atoms with Crippen molar-refractivity contribution in [2.24, 2.45) is 0 Å². The SMILES string of the molecule is CC(=O)O[C@@H](C)OC(=O)NC[C@H](SC1CCCCC1)C(=O)O. The highest BCUT2D eigenvalue weighted by atomic mass is 32.2. The lowest BCUT2D eigenvalue weighted by atomic mass is 10.0. The molecule has 7 nitrogen and oxygen atoms in total. The minimum atomic E-state index is -1.01. The molecule has 1 aliphatic rings. The number of hydrogen-bond donors (Lipinski definition) is 2. The fourth-order valence-corrected chi connectivity index (χ4v) is 3.62. The number of carbonyl (C=O) groups is 3. The molecular weight excluding hydrogens is 310 g/mol. The molecule has 0 aromatic heterocycles. The number of rotatable bonds is 7. The highest BCUT2D eigenvalue weighted by molar-refractivity contribution is 8.01. The predicted octanol–water partition coefficient (Wildman–Crippen LogP) is 2.14. The largest absolute Gasteiger partial charge is 0.480 e. The maximum atomic E-state index is 11.5. The van der Waals surface area contributed by atoms with Crippen LogP contribution in [0.2, 0.25) is 0 Å². The van der Waals surface area contributed by atoms with E-state index in [1.807, 2.05) is 0 Å². The molecule has 2 N–H and O–H groups in total. The third kappa shape index (κ3) is 7.53. The average molecular weight is 333 g/mol. The van der Waals surface area contributed by atoms with Crippen LogP contribution in [0.1, 0.15) is 46.0 Å². The fraction of sp³-hybridized carbons (Fsp3) is 0.786. The third-order valence-electron chi connectivity index (χ3n) is 3.22. The maximum Gasteiger partial charge on any atom is 0.410 e. The van der Waals surface area contributed by atoms with Gasteiger partial charge in [-0.15, -0.1) is 11.8 Å². The second-order valence-corrected chi connectivity index (χ2v) is 6.69. The van der Waals surface area contributed by atoms with Crippen LogP contribution in [0.15, 0.2) is 0 Å². The Kier molecular flexibility index (Phi) is 8.08. The Hall–Kier alpha value is -1.44. The summed E-state index contributed by atoms with van der Waals surface area (Å²) in [4.78, 5) is 33.5. The van der Waals surface area contributed by atoms with Crippen molar-refractivity contribution in [1.29, 1.82) is 0 Å². The summed E-state index contributed by atoms with van der Waals surface area (Å²) in [5.41, 5.74) is 0. The van der Waals surface area contributed by atoms with Gasteiger partial charge < -0.3 is 19.9 Å². The van der Waals surface area contributed by atoms with E-state index in [0.717, 1.165) is 25.7 Å². The number of aliphatic carboxylic acids is 1. The number of nitrogens with one attached hydrogen (secondary N) is 1. The van der Waals surface area contributed by atoms with E-state index in [-0.39, 0.29) is 6.54 Å². The Balaban J connectivity index is 2.35. The van der Waals surface area contributed by atoms with E-state index >= 15 is 0 Å². The van der Waals surface area contributed by atoms with E-state index in [9.17, 15) is 19.5 Å². The first-order chi connectivity index (χ1) is 10.4. The van der Waals surface area contributed by atoms with Gasteiger partial charge in [-0.05, 0) is 12.8 Å². The van der Waals surface area contributed by atoms with Gasteiger partial charge in [-0.1, -0.05) is 19.3 Å². The number of carboxylic acid groups (broad SMARTS) is 1. The van der Waals surface area contributed by atoms with Gasteiger partial charge in [0, 0.05) is 25.6 Å². The lowest BCUT2D eigenvalue weighted by Gasteiger charge is -2.24. The Bertz CT molecular complexity index is 397. The van der Waals surface area contributed by atoms with Crippen LogP contribution in [0.4, 0.5) is 4.79 Å². The monoisotopic (exact) mass is 333 g/mol. The van der Waals surface area contributed by atoms with Gasteiger partial charge in [0.15, 0.2) is 0 Å². The first kappa shape index (κ1) is 18.6. The predicted molar refractivity (Wildman–Crippen MR) is 81.6 cm³/mol. The number of thioether (sulfide) groups is 1. The summed E-state index contributed by atoms with van der Waals surface area (Å²) in [6.45, 7) is 2.59. The molecule has 1 aliphatic carbocycles. The number of hydrogen-bond acceptors (Lipinski definition) is 6. The van der Waals surface area contributed by atoms with E-state index < -0.39 is 29.6 Å². The molecule has 0 heterocycles. The van der Waals surface area contributed by atoms with E-state index in [1.165, 1.54) is 32.0 Å². The van der Waals surface area contributed by atoms with E-state index in [4.69, 9.17) is 4.74 Å². The number of carbonyl (C=O) groups excluding carboxylic acids is 2. The summed E-state index contributed by atoms with van der Waals surface area (Å²) in [5.74, 6) is -1.51. The highest BCUT2D eigenvalue weighted by Crippen LogP contribution is 2.31. The molecule has 0 spiro atoms. The molecule has 0 bridgehead atoms. The summed E-state index contributed by atoms with van der Waals surface area (Å²) < 4.78 is 9.44. The molecule has 0 aliphatic heterocycles. The Morgan fingerprint density at radius 2 is 1.86 bits per heavy atom. The van der Waals surface area contributed by atoms with Crippen molar-refractivity contribution in [3.63, 3.8) is 0 Å². The van der Waals surface area contributed by atoms with Crippen LogP contribution < -0.4 is 5.32 Å². The summed E-state index contributed by atoms with van der Waals surface area (Å²) in [7, 11) is 0. The molecular formula is C14H23NO6S. The summed E-state index contributed by atoms with van der Waals surface area (Å²) >= 11 is 1.39. The molecule has 1 rings (SSSR count). The first-order valence-corrected chi connectivity index (χ1v) is 8.32. The fourth-order valence-electron chi connectivity index (χ4n) is 2.25. The van der Waals surface area contributed by atoms with Crippen molar-refractivity contribution in [2.45, 2.75) is 62.7 Å². The van der Waals surface area contributed by atoms with Crippen LogP contribution in [0.25, 0.3) is 0 Å². The standard InChI is InChI=1S/C14H23NO6S/c1-9(16)20-10(2)21-14(19)15-8-12(13(17)18)22-11-6-4-3-5-7-11/h10-12H,3-8H2,1-2H3,(H,15,19)(H,17,18)/t10-,12+/m1/s1. The zero-order valence-electron chi connectivity index (χ0n) is 12.9. The van der Waals surface area contributed by atoms with Crippen molar-refractivity contribution in [1.82, 2.24) is 5.32 Å². The summed E-state index contributed by atoms with van der Waals surface area (Å²) in [6, 6.07) is 0. The maximum absolute atomic E-state index is 11.5. The van der Waals surface area contributed by atoms with Gasteiger partial charge in [-0.3, -0.25) is 9.59 Å². The van der Waals surface area contributed by atoms with Crippen LogP contribution in [0.3, 0.4) is 0 Å². The molecule has 2 atom stereocenters. The van der Waals surface area contributed by atoms with Gasteiger partial charge >= 0.3 is 18.0 Å². The van der Waals surface area contributed by atoms with E-state index in [0.29, 0.717) is 5.25 Å². The van der Waals surface area contributed by atoms with Crippen molar-refractivity contribution in [2.75, 3.05) is 6.54 Å². The topological polar surface area (TPSA) is 102 Å². The zero-order valence-corrected chi connectivity index (χ0v) is 13.7. The quantitative estimate of drug-likeness (QED) is 0.543. The lowest BCUT2D eigenvalue weighted by molar-refractivity contribution is -0.162. The smallest absolute Gasteiger partial charge is 0.410 e. The van der Waals surface area contributed by atoms with Crippen LogP contribution in [-0.2, 0) is 19.1 Å². The van der Waals surface area contributed by atoms with Crippen molar-refractivity contribution >= 4 is 29.8 Å². The molecule has 126 valence electrons. The molecule has 1 amide bonds. The molecule has 0 saturated heterocycles. The van der Waals surface area contributed by atoms with Crippen LogP contribution in [0, 0.1) is 0 Å². The summed E-state index contributed by atoms with van der Waals surface area (Å²) in [6.07, 6.45) is 3.67. The molecule has 8 heteroatoms. The number of esters is 1. The van der Waals surface area contributed by atoms with Gasteiger partial charge in [0.1, 0.15) is 5.25 Å². The first-order valence-electron chi connectivity index (χ1n) is 7.38. The Labute approximate surface area is 134 Å². The molecule has 0 aromatic rings. The second-order valence-electron chi connectivity index (χ2n) is 5.19. The van der Waals surface area contributed by atoms with Crippen molar-refractivity contribution < 1.29 is 29.0 Å². The molecule has 0 unspecified atom stereocenters. The molecule has 0 radical (unpaired) electrons. The van der Waals surface area contributed by atoms with Crippen molar-refractivity contribution in [3.05, 3.63) is 0 Å². The minimum absolute atomic E-state index is 0.0257. The van der Waals surface area contributed by atoms with E-state index in [2.05, 4.69) is 10.1 Å². The minimum Gasteiger partial charge on any atom is -0.480 e. The molecule has 0 aromatic carbocycles. The second kappa shape index (κ2) is 9.55. The number of carboxylic acids is 1. The number of amides is 1. The summed E-state index contributed by atoms with van der Waals surface area (Å²) in [5, 5.41) is 11.3. The average Bonchev–Trinajstić information content (AvgIpc) is 2.43. The van der Waals surface area contributed by atoms with Gasteiger partial charge in [-0.25, -0.2) is 4.79 Å². The zero-order chi connectivity index (χ0) is 16.5. The van der Waals surface area contributed by atoms with Gasteiger partial charge in [0.2, 0.25) is 6.29 Å². The Morgan fingerprint density at radius 1 is 1.23 bits per heavy atom. The third-order valence-corrected chi connectivity index (χ3v) is 4.77. The van der Waals surface area contributed by atoms with Gasteiger partial charge in [-0.2, -0.15) is 0 Å². The van der Waals surface area contributed by atoms with Gasteiger partial charge in [0.05, 0.1) is 0 Å². The number of ether oxygens (including phenoxy) is 2. The van der Waals surface area contributed by atoms with E-state index in [1.54, 1.807) is 0 Å². The molecule has 1 saturated carbocycles. The van der Waals surface area contributed by atoms with Crippen LogP contribution >= 0.6 is 11.8 Å². The van der Waals surface area contributed by atoms with Gasteiger partial charge in [0.25, 0.3) is 0 Å². The normalized spacial score (nSPS) is 18.1. The molecule has 1 fully saturated rings. The Morgan fingerprint density at radius 3 is 2.41 bits per heavy atom. The molecule has 22 heavy (non-hydrogen) atoms. The van der Waals surface area contributed by atoms with Crippen LogP contribution in [0.5, 0.6) is 0 Å². The number of alkyl carbamates (subject to hydrolysis) is 1.